The maximum absolute atomic E-state index is 10.6. The first-order chi connectivity index (χ1) is 7.10. The molecule has 94 valence electrons. The van der Waals surface area contributed by atoms with Crippen molar-refractivity contribution < 1.29 is 28.2 Å². The van der Waals surface area contributed by atoms with Crippen molar-refractivity contribution >= 4 is 5.97 Å². The fraction of sp³-hybridized carbons (Fsp3) is 0.889. The Morgan fingerprint density at radius 3 is 1.81 bits per heavy atom. The van der Waals surface area contributed by atoms with Gasteiger partial charge in [0.05, 0.1) is 5.60 Å². The van der Waals surface area contributed by atoms with E-state index in [2.05, 4.69) is 5.32 Å². The van der Waals surface area contributed by atoms with Gasteiger partial charge in [0.2, 0.25) is 0 Å². The topological polar surface area (TPSA) is 69.6 Å². The number of fused-ring (bicyclic) bond motifs is 2. The Kier molecular flexibility index (Phi) is 3.49. The number of carboxylic acids is 1. The van der Waals surface area contributed by atoms with Crippen molar-refractivity contribution in [3.05, 3.63) is 0 Å². The maximum atomic E-state index is 10.6. The third-order valence-corrected chi connectivity index (χ3v) is 2.66. The Bertz CT molecular complexity index is 260. The summed E-state index contributed by atoms with van der Waals surface area (Å²) in [7, 11) is 0. The van der Waals surface area contributed by atoms with E-state index in [0.29, 0.717) is 12.1 Å². The number of nitrogens with one attached hydrogen (secondary N) is 1. The minimum Gasteiger partial charge on any atom is -0.475 e. The van der Waals surface area contributed by atoms with Gasteiger partial charge in [-0.1, -0.05) is 0 Å². The van der Waals surface area contributed by atoms with Crippen LogP contribution in [-0.2, 0) is 4.79 Å². The molecule has 3 aliphatic rings. The van der Waals surface area contributed by atoms with Crippen molar-refractivity contribution in [3.8, 4) is 0 Å². The predicted octanol–water partition coefficient (Wildman–Crippen LogP) is 0.895. The van der Waals surface area contributed by atoms with Crippen molar-refractivity contribution in [1.82, 2.24) is 5.32 Å². The first-order valence-electron chi connectivity index (χ1n) is 4.89. The van der Waals surface area contributed by atoms with Crippen LogP contribution in [0.2, 0.25) is 0 Å². The van der Waals surface area contributed by atoms with Crippen molar-refractivity contribution in [1.29, 1.82) is 0 Å². The number of piperidine rings is 1. The fourth-order valence-electron chi connectivity index (χ4n) is 2.08. The van der Waals surface area contributed by atoms with Crippen LogP contribution in [0.5, 0.6) is 0 Å². The SMILES string of the molecule is CC1(O)CC2CC(C1)N2.O=C(O)C(F)(F)F. The second kappa shape index (κ2) is 4.21. The van der Waals surface area contributed by atoms with Gasteiger partial charge in [0.15, 0.2) is 0 Å². The number of hydrogen-bond donors (Lipinski definition) is 3. The number of carboxylic acid groups (broad SMARTS) is 1. The van der Waals surface area contributed by atoms with Crippen LogP contribution >= 0.6 is 0 Å². The standard InChI is InChI=1S/C7H13NO.C2HF3O2/c1-7(9)3-5-2-6(4-7)8-5;3-2(4,5)1(6)7/h5-6,8-9H,2-4H2,1H3;(H,6,7). The normalized spacial score (nSPS) is 36.8. The van der Waals surface area contributed by atoms with Gasteiger partial charge in [0, 0.05) is 12.1 Å². The molecule has 0 amide bonds. The van der Waals surface area contributed by atoms with Gasteiger partial charge in [-0.05, 0) is 26.2 Å². The second-order valence-corrected chi connectivity index (χ2v) is 4.50. The molecular weight excluding hydrogens is 227 g/mol. The van der Waals surface area contributed by atoms with E-state index in [9.17, 15) is 18.3 Å². The van der Waals surface area contributed by atoms with Gasteiger partial charge in [-0.3, -0.25) is 0 Å². The maximum Gasteiger partial charge on any atom is 0.490 e. The molecule has 3 N–H and O–H groups in total. The highest BCUT2D eigenvalue weighted by atomic mass is 19.4. The number of aliphatic carboxylic acids is 1. The van der Waals surface area contributed by atoms with Gasteiger partial charge < -0.3 is 15.5 Å². The summed E-state index contributed by atoms with van der Waals surface area (Å²) in [6.45, 7) is 1.94. The van der Waals surface area contributed by atoms with E-state index in [1.807, 2.05) is 6.92 Å². The Morgan fingerprint density at radius 1 is 1.38 bits per heavy atom. The molecular formula is C9H14F3NO3. The van der Waals surface area contributed by atoms with E-state index in [-0.39, 0.29) is 5.60 Å². The Labute approximate surface area is 90.4 Å². The molecule has 2 heterocycles. The molecule has 0 radical (unpaired) electrons. The van der Waals surface area contributed by atoms with Gasteiger partial charge in [-0.25, -0.2) is 4.79 Å². The summed E-state index contributed by atoms with van der Waals surface area (Å²) in [6.07, 6.45) is -1.90. The van der Waals surface area contributed by atoms with Crippen LogP contribution in [0.3, 0.4) is 0 Å². The molecule has 4 nitrogen and oxygen atoms in total. The van der Waals surface area contributed by atoms with E-state index in [1.54, 1.807) is 0 Å². The van der Waals surface area contributed by atoms with Crippen molar-refractivity contribution in [3.63, 3.8) is 0 Å². The van der Waals surface area contributed by atoms with Crippen molar-refractivity contribution in [2.24, 2.45) is 0 Å². The van der Waals surface area contributed by atoms with Gasteiger partial charge in [-0.2, -0.15) is 13.2 Å². The average Bonchev–Trinajstić information content (AvgIpc) is 1.98. The van der Waals surface area contributed by atoms with Crippen molar-refractivity contribution in [2.75, 3.05) is 0 Å². The van der Waals surface area contributed by atoms with Gasteiger partial charge in [0.1, 0.15) is 0 Å². The first kappa shape index (κ1) is 13.2. The number of carbonyl (C=O) groups is 1. The molecule has 0 aromatic heterocycles. The summed E-state index contributed by atoms with van der Waals surface area (Å²) in [5, 5.41) is 20.0. The summed E-state index contributed by atoms with van der Waals surface area (Å²) >= 11 is 0. The van der Waals surface area contributed by atoms with Crippen molar-refractivity contribution in [2.45, 2.75) is 50.0 Å². The number of halogens is 3. The lowest BCUT2D eigenvalue weighted by Crippen LogP contribution is -2.62. The van der Waals surface area contributed by atoms with Gasteiger partial charge in [0.25, 0.3) is 0 Å². The zero-order valence-electron chi connectivity index (χ0n) is 8.71. The van der Waals surface area contributed by atoms with Crippen LogP contribution in [0.1, 0.15) is 26.2 Å². The third-order valence-electron chi connectivity index (χ3n) is 2.66. The highest BCUT2D eigenvalue weighted by molar-refractivity contribution is 5.73. The minimum atomic E-state index is -5.08. The highest BCUT2D eigenvalue weighted by Gasteiger charge is 2.42. The van der Waals surface area contributed by atoms with Crippen LogP contribution in [0.15, 0.2) is 0 Å². The molecule has 3 rings (SSSR count). The number of alkyl halides is 3. The van der Waals surface area contributed by atoms with E-state index < -0.39 is 12.1 Å². The van der Waals surface area contributed by atoms with Crippen LogP contribution in [0, 0.1) is 0 Å². The molecule has 1 saturated carbocycles. The van der Waals surface area contributed by atoms with Gasteiger partial charge >= 0.3 is 12.1 Å². The lowest BCUT2D eigenvalue weighted by molar-refractivity contribution is -0.192. The van der Waals surface area contributed by atoms with E-state index >= 15 is 0 Å². The summed E-state index contributed by atoms with van der Waals surface area (Å²) in [5.74, 6) is -2.76. The third kappa shape index (κ3) is 3.64. The smallest absolute Gasteiger partial charge is 0.475 e. The summed E-state index contributed by atoms with van der Waals surface area (Å²) in [5.41, 5.74) is -0.362. The zero-order chi connectivity index (χ0) is 12.6. The van der Waals surface area contributed by atoms with Crippen LogP contribution in [-0.4, -0.2) is 40.0 Å². The molecule has 2 saturated heterocycles. The fourth-order valence-corrected chi connectivity index (χ4v) is 2.08. The van der Waals surface area contributed by atoms with Gasteiger partial charge in [-0.15, -0.1) is 0 Å². The first-order valence-corrected chi connectivity index (χ1v) is 4.89. The molecule has 2 bridgehead atoms. The van der Waals surface area contributed by atoms with Crippen LogP contribution in [0.4, 0.5) is 13.2 Å². The summed E-state index contributed by atoms with van der Waals surface area (Å²) in [6, 6.07) is 1.25. The van der Waals surface area contributed by atoms with E-state index in [1.165, 1.54) is 6.42 Å². The number of hydrogen-bond acceptors (Lipinski definition) is 3. The van der Waals surface area contributed by atoms with Crippen LogP contribution < -0.4 is 5.32 Å². The molecule has 1 aliphatic carbocycles. The lowest BCUT2D eigenvalue weighted by Gasteiger charge is -2.49. The molecule has 2 unspecified atom stereocenters. The Balaban J connectivity index is 0.000000168. The average molecular weight is 241 g/mol. The van der Waals surface area contributed by atoms with Crippen LogP contribution in [0.25, 0.3) is 0 Å². The monoisotopic (exact) mass is 241 g/mol. The number of aliphatic hydroxyl groups is 1. The molecule has 7 heteroatoms. The summed E-state index contributed by atoms with van der Waals surface area (Å²) in [4.78, 5) is 8.90. The van der Waals surface area contributed by atoms with E-state index in [0.717, 1.165) is 12.8 Å². The highest BCUT2D eigenvalue weighted by Crippen LogP contribution is 2.34. The molecule has 2 aliphatic heterocycles. The molecule has 2 atom stereocenters. The second-order valence-electron chi connectivity index (χ2n) is 4.50. The minimum absolute atomic E-state index is 0.362. The molecule has 0 spiro atoms. The zero-order valence-corrected chi connectivity index (χ0v) is 8.71. The predicted molar refractivity (Wildman–Crippen MR) is 48.9 cm³/mol. The summed E-state index contributed by atoms with van der Waals surface area (Å²) < 4.78 is 31.7. The quantitative estimate of drug-likeness (QED) is 0.589. The molecule has 3 fully saturated rings. The van der Waals surface area contributed by atoms with E-state index in [4.69, 9.17) is 9.90 Å². The molecule has 0 aromatic carbocycles. The number of rotatable bonds is 0. The Hall–Kier alpha value is -0.820. The Morgan fingerprint density at radius 2 is 1.69 bits per heavy atom. The lowest BCUT2D eigenvalue weighted by atomic mass is 9.74. The largest absolute Gasteiger partial charge is 0.490 e. The molecule has 16 heavy (non-hydrogen) atoms. The molecule has 0 aromatic rings.